The van der Waals surface area contributed by atoms with Crippen molar-refractivity contribution in [2.24, 2.45) is 11.8 Å². The normalized spacial score (nSPS) is 26.2. The van der Waals surface area contributed by atoms with Crippen LogP contribution >= 0.6 is 0 Å². The van der Waals surface area contributed by atoms with Crippen LogP contribution in [-0.2, 0) is 4.79 Å². The summed E-state index contributed by atoms with van der Waals surface area (Å²) in [6, 6.07) is 4.36. The highest BCUT2D eigenvalue weighted by atomic mass is 19.1. The summed E-state index contributed by atoms with van der Waals surface area (Å²) in [4.78, 5) is 11.5. The lowest BCUT2D eigenvalue weighted by molar-refractivity contribution is -0.143. The molecule has 1 aliphatic carbocycles. The maximum Gasteiger partial charge on any atom is 0.307 e. The largest absolute Gasteiger partial charge is 0.496 e. The summed E-state index contributed by atoms with van der Waals surface area (Å²) < 4.78 is 18.8. The zero-order valence-electron chi connectivity index (χ0n) is 11.9. The van der Waals surface area contributed by atoms with Gasteiger partial charge in [0, 0.05) is 11.5 Å². The first-order valence-electron chi connectivity index (χ1n) is 7.13. The van der Waals surface area contributed by atoms with Gasteiger partial charge < -0.3 is 9.84 Å². The van der Waals surface area contributed by atoms with E-state index in [1.807, 2.05) is 0 Å². The summed E-state index contributed by atoms with van der Waals surface area (Å²) in [7, 11) is 1.53. The Morgan fingerprint density at radius 3 is 2.80 bits per heavy atom. The van der Waals surface area contributed by atoms with Crippen LogP contribution in [0.3, 0.4) is 0 Å². The van der Waals surface area contributed by atoms with Crippen molar-refractivity contribution in [1.82, 2.24) is 0 Å². The fraction of sp³-hybridized carbons (Fsp3) is 0.562. The maximum absolute atomic E-state index is 13.5. The van der Waals surface area contributed by atoms with E-state index in [4.69, 9.17) is 4.74 Å². The molecule has 0 amide bonds. The Balaban J connectivity index is 2.39. The molecule has 0 heterocycles. The van der Waals surface area contributed by atoms with Gasteiger partial charge in [-0.05, 0) is 43.4 Å². The van der Waals surface area contributed by atoms with E-state index in [0.29, 0.717) is 23.7 Å². The number of methoxy groups -OCH3 is 1. The van der Waals surface area contributed by atoms with Crippen molar-refractivity contribution in [3.63, 3.8) is 0 Å². The van der Waals surface area contributed by atoms with Crippen LogP contribution < -0.4 is 4.74 Å². The third kappa shape index (κ3) is 2.94. The molecule has 0 aromatic heterocycles. The molecule has 0 spiro atoms. The summed E-state index contributed by atoms with van der Waals surface area (Å²) in [5.41, 5.74) is 0.693. The number of carbonyl (C=O) groups is 1. The Morgan fingerprint density at radius 2 is 2.20 bits per heavy atom. The fourth-order valence-electron chi connectivity index (χ4n) is 3.26. The number of carboxylic acid groups (broad SMARTS) is 1. The lowest BCUT2D eigenvalue weighted by atomic mass is 9.70. The van der Waals surface area contributed by atoms with Crippen molar-refractivity contribution >= 4 is 5.97 Å². The Morgan fingerprint density at radius 1 is 1.45 bits per heavy atom. The van der Waals surface area contributed by atoms with Crippen molar-refractivity contribution in [3.8, 4) is 5.75 Å². The molecular formula is C16H21FO3. The van der Waals surface area contributed by atoms with Gasteiger partial charge in [-0.15, -0.1) is 0 Å². The van der Waals surface area contributed by atoms with Gasteiger partial charge in [-0.1, -0.05) is 13.3 Å². The van der Waals surface area contributed by atoms with Crippen molar-refractivity contribution in [3.05, 3.63) is 29.6 Å². The van der Waals surface area contributed by atoms with Gasteiger partial charge in [0.2, 0.25) is 0 Å². The molecule has 1 aromatic carbocycles. The van der Waals surface area contributed by atoms with E-state index >= 15 is 0 Å². The first-order valence-corrected chi connectivity index (χ1v) is 7.13. The highest BCUT2D eigenvalue weighted by molar-refractivity contribution is 5.72. The topological polar surface area (TPSA) is 46.5 Å². The first-order chi connectivity index (χ1) is 9.56. The van der Waals surface area contributed by atoms with Crippen LogP contribution in [0.2, 0.25) is 0 Å². The highest BCUT2D eigenvalue weighted by Crippen LogP contribution is 2.44. The molecule has 0 bridgehead atoms. The van der Waals surface area contributed by atoms with E-state index in [2.05, 4.69) is 6.92 Å². The molecule has 1 N–H and O–H groups in total. The van der Waals surface area contributed by atoms with Crippen LogP contribution in [0.4, 0.5) is 4.39 Å². The van der Waals surface area contributed by atoms with Crippen molar-refractivity contribution < 1.29 is 19.0 Å². The number of rotatable bonds is 4. The molecule has 3 nitrogen and oxygen atoms in total. The predicted octanol–water partition coefficient (Wildman–Crippen LogP) is 3.83. The summed E-state index contributed by atoms with van der Waals surface area (Å²) in [6.07, 6.45) is 3.40. The molecule has 1 aromatic rings. The molecule has 110 valence electrons. The Kier molecular flexibility index (Phi) is 4.63. The number of hydrogen-bond acceptors (Lipinski definition) is 2. The van der Waals surface area contributed by atoms with E-state index in [1.54, 1.807) is 6.07 Å². The van der Waals surface area contributed by atoms with E-state index in [9.17, 15) is 14.3 Å². The van der Waals surface area contributed by atoms with E-state index in [0.717, 1.165) is 19.3 Å². The van der Waals surface area contributed by atoms with Gasteiger partial charge in [-0.3, -0.25) is 4.79 Å². The van der Waals surface area contributed by atoms with Crippen LogP contribution in [0.5, 0.6) is 5.75 Å². The van der Waals surface area contributed by atoms with Gasteiger partial charge in [-0.25, -0.2) is 4.39 Å². The molecule has 4 heteroatoms. The third-order valence-electron chi connectivity index (χ3n) is 4.44. The van der Waals surface area contributed by atoms with E-state index in [-0.39, 0.29) is 11.7 Å². The molecule has 1 fully saturated rings. The van der Waals surface area contributed by atoms with Gasteiger partial charge in [-0.2, -0.15) is 0 Å². The number of aliphatic carboxylic acids is 1. The minimum atomic E-state index is -0.795. The summed E-state index contributed by atoms with van der Waals surface area (Å²) in [5, 5.41) is 9.43. The summed E-state index contributed by atoms with van der Waals surface area (Å²) in [6.45, 7) is 2.12. The SMILES string of the molecule is CCC1CCC(C(=O)O)C(c2cc(F)ccc2OC)C1. The average Bonchev–Trinajstić information content (AvgIpc) is 2.46. The minimum Gasteiger partial charge on any atom is -0.496 e. The fourth-order valence-corrected chi connectivity index (χ4v) is 3.26. The first kappa shape index (κ1) is 14.8. The lowest BCUT2D eigenvalue weighted by Crippen LogP contribution is -2.29. The van der Waals surface area contributed by atoms with Crippen LogP contribution in [-0.4, -0.2) is 18.2 Å². The van der Waals surface area contributed by atoms with Crippen molar-refractivity contribution in [2.45, 2.75) is 38.5 Å². The van der Waals surface area contributed by atoms with Crippen LogP contribution in [0.15, 0.2) is 18.2 Å². The van der Waals surface area contributed by atoms with Crippen molar-refractivity contribution in [2.75, 3.05) is 7.11 Å². The van der Waals surface area contributed by atoms with Crippen LogP contribution in [0.1, 0.15) is 44.1 Å². The number of ether oxygens (including phenoxy) is 1. The quantitative estimate of drug-likeness (QED) is 0.911. The van der Waals surface area contributed by atoms with E-state index < -0.39 is 11.9 Å². The smallest absolute Gasteiger partial charge is 0.307 e. The molecule has 2 rings (SSSR count). The number of halogens is 1. The second kappa shape index (κ2) is 6.25. The molecule has 1 saturated carbocycles. The Hall–Kier alpha value is -1.58. The van der Waals surface area contributed by atoms with Gasteiger partial charge in [0.05, 0.1) is 13.0 Å². The molecule has 3 atom stereocenters. The molecule has 3 unspecified atom stereocenters. The number of hydrogen-bond donors (Lipinski definition) is 1. The predicted molar refractivity (Wildman–Crippen MR) is 74.5 cm³/mol. The van der Waals surface area contributed by atoms with Gasteiger partial charge in [0.1, 0.15) is 11.6 Å². The standard InChI is InChI=1S/C16H21FO3/c1-3-10-4-6-12(16(18)19)13(8-10)14-9-11(17)5-7-15(14)20-2/h5,7,9-10,12-13H,3-4,6,8H2,1-2H3,(H,18,19). The zero-order chi connectivity index (χ0) is 14.7. The van der Waals surface area contributed by atoms with Gasteiger partial charge in [0.15, 0.2) is 0 Å². The number of benzene rings is 1. The lowest BCUT2D eigenvalue weighted by Gasteiger charge is -2.34. The van der Waals surface area contributed by atoms with Crippen LogP contribution in [0, 0.1) is 17.7 Å². The zero-order valence-corrected chi connectivity index (χ0v) is 11.9. The Bertz CT molecular complexity index is 487. The second-order valence-corrected chi connectivity index (χ2v) is 5.52. The van der Waals surface area contributed by atoms with E-state index in [1.165, 1.54) is 19.2 Å². The molecule has 0 aliphatic heterocycles. The minimum absolute atomic E-state index is 0.170. The molecule has 1 aliphatic rings. The molecular weight excluding hydrogens is 259 g/mol. The third-order valence-corrected chi connectivity index (χ3v) is 4.44. The molecule has 20 heavy (non-hydrogen) atoms. The highest BCUT2D eigenvalue weighted by Gasteiger charge is 2.36. The Labute approximate surface area is 118 Å². The second-order valence-electron chi connectivity index (χ2n) is 5.52. The summed E-state index contributed by atoms with van der Waals surface area (Å²) >= 11 is 0. The van der Waals surface area contributed by atoms with Gasteiger partial charge in [0.25, 0.3) is 0 Å². The molecule has 0 saturated heterocycles. The number of carboxylic acids is 1. The van der Waals surface area contributed by atoms with Crippen molar-refractivity contribution in [1.29, 1.82) is 0 Å². The average molecular weight is 280 g/mol. The van der Waals surface area contributed by atoms with Crippen LogP contribution in [0.25, 0.3) is 0 Å². The summed E-state index contributed by atoms with van der Waals surface area (Å²) in [5.74, 6) is -0.673. The van der Waals surface area contributed by atoms with Gasteiger partial charge >= 0.3 is 5.97 Å². The maximum atomic E-state index is 13.5. The molecule has 0 radical (unpaired) electrons. The monoisotopic (exact) mass is 280 g/mol.